The summed E-state index contributed by atoms with van der Waals surface area (Å²) in [6.45, 7) is 7.78. The number of allylic oxidation sites excluding steroid dienone is 6. The van der Waals surface area contributed by atoms with Gasteiger partial charge in [0.2, 0.25) is 0 Å². The SMILES string of the molecule is C=C/C=C\C=C/C=C.CN.CSCCCN=C(N)N. The van der Waals surface area contributed by atoms with Crippen LogP contribution in [0.15, 0.2) is 54.6 Å². The third-order valence-electron chi connectivity index (χ3n) is 1.41. The lowest BCUT2D eigenvalue weighted by Crippen LogP contribution is -2.23. The largest absolute Gasteiger partial charge is 0.370 e. The molecular weight excluding hydrogens is 256 g/mol. The molecule has 0 bridgehead atoms. The van der Waals surface area contributed by atoms with Gasteiger partial charge in [-0.15, -0.1) is 0 Å². The minimum absolute atomic E-state index is 0.191. The van der Waals surface area contributed by atoms with E-state index in [4.69, 9.17) is 11.5 Å². The standard InChI is InChI=1S/C8H10.C5H13N3S.CH5N/c1-3-5-7-8-6-4-2;1-9-4-2-3-8-5(6)7;1-2/h3-8H,1-2H2;2-4H2,1H3,(H4,6,7,8);2H2,1H3/b7-5-,8-6-;;. The van der Waals surface area contributed by atoms with Gasteiger partial charge in [0.25, 0.3) is 0 Å². The number of guanidine groups is 1. The highest BCUT2D eigenvalue weighted by Crippen LogP contribution is 1.94. The summed E-state index contributed by atoms with van der Waals surface area (Å²) in [5.41, 5.74) is 14.7. The van der Waals surface area contributed by atoms with E-state index in [1.165, 1.54) is 7.05 Å². The van der Waals surface area contributed by atoms with Crippen molar-refractivity contribution in [1.29, 1.82) is 0 Å². The smallest absolute Gasteiger partial charge is 0.185 e. The fraction of sp³-hybridized carbons (Fsp3) is 0.357. The lowest BCUT2D eigenvalue weighted by Gasteiger charge is -1.92. The summed E-state index contributed by atoms with van der Waals surface area (Å²) in [5.74, 6) is 1.31. The number of nitrogens with zero attached hydrogens (tertiary/aromatic N) is 1. The van der Waals surface area contributed by atoms with E-state index in [9.17, 15) is 0 Å². The third kappa shape index (κ3) is 38.4. The Morgan fingerprint density at radius 1 is 1.05 bits per heavy atom. The first-order valence-electron chi connectivity index (χ1n) is 5.87. The number of rotatable bonds is 7. The number of nitrogens with two attached hydrogens (primary N) is 3. The van der Waals surface area contributed by atoms with Crippen LogP contribution >= 0.6 is 11.8 Å². The minimum Gasteiger partial charge on any atom is -0.370 e. The molecule has 0 aromatic rings. The summed E-state index contributed by atoms with van der Waals surface area (Å²) in [5, 5.41) is 0. The van der Waals surface area contributed by atoms with Crippen LogP contribution in [0.5, 0.6) is 0 Å². The van der Waals surface area contributed by atoms with E-state index in [1.54, 1.807) is 23.9 Å². The summed E-state index contributed by atoms with van der Waals surface area (Å²) >= 11 is 1.80. The first kappa shape index (κ1) is 22.7. The predicted molar refractivity (Wildman–Crippen MR) is 92.5 cm³/mol. The first-order chi connectivity index (χ1) is 9.18. The topological polar surface area (TPSA) is 90.4 Å². The van der Waals surface area contributed by atoms with Crippen molar-refractivity contribution in [3.63, 3.8) is 0 Å². The zero-order valence-corrected chi connectivity index (χ0v) is 12.9. The second-order valence-corrected chi connectivity index (χ2v) is 3.88. The Hall–Kier alpha value is -1.46. The molecule has 0 atom stereocenters. The third-order valence-corrected chi connectivity index (χ3v) is 2.10. The average Bonchev–Trinajstić information content (AvgIpc) is 2.43. The molecule has 5 heteroatoms. The number of hydrogen-bond donors (Lipinski definition) is 3. The van der Waals surface area contributed by atoms with E-state index < -0.39 is 0 Å². The van der Waals surface area contributed by atoms with Crippen LogP contribution in [-0.2, 0) is 0 Å². The molecule has 0 aliphatic carbocycles. The summed E-state index contributed by atoms with van der Waals surface area (Å²) < 4.78 is 0. The van der Waals surface area contributed by atoms with Gasteiger partial charge in [0, 0.05) is 6.54 Å². The van der Waals surface area contributed by atoms with Crippen LogP contribution in [0.3, 0.4) is 0 Å². The van der Waals surface area contributed by atoms with Crippen LogP contribution < -0.4 is 17.2 Å². The van der Waals surface area contributed by atoms with Crippen molar-refractivity contribution in [2.75, 3.05) is 25.6 Å². The molecule has 4 nitrogen and oxygen atoms in total. The molecule has 19 heavy (non-hydrogen) atoms. The van der Waals surface area contributed by atoms with Gasteiger partial charge in [-0.3, -0.25) is 4.99 Å². The normalized spacial score (nSPS) is 9.00. The van der Waals surface area contributed by atoms with Crippen LogP contribution in [0.2, 0.25) is 0 Å². The zero-order chi connectivity index (χ0) is 15.4. The van der Waals surface area contributed by atoms with Crippen LogP contribution in [0.1, 0.15) is 6.42 Å². The van der Waals surface area contributed by atoms with E-state index in [0.717, 1.165) is 18.7 Å². The van der Waals surface area contributed by atoms with Gasteiger partial charge in [-0.05, 0) is 25.5 Å². The van der Waals surface area contributed by atoms with Crippen molar-refractivity contribution in [1.82, 2.24) is 0 Å². The van der Waals surface area contributed by atoms with Crippen molar-refractivity contribution in [2.24, 2.45) is 22.2 Å². The highest BCUT2D eigenvalue weighted by Gasteiger charge is 1.82. The number of hydrogen-bond acceptors (Lipinski definition) is 3. The molecule has 0 aromatic heterocycles. The van der Waals surface area contributed by atoms with E-state index in [1.807, 2.05) is 24.3 Å². The van der Waals surface area contributed by atoms with Gasteiger partial charge in [-0.2, -0.15) is 11.8 Å². The molecule has 6 N–H and O–H groups in total. The molecule has 0 aliphatic rings. The Kier molecular flexibility index (Phi) is 30.3. The summed E-state index contributed by atoms with van der Waals surface area (Å²) in [7, 11) is 1.50. The molecule has 0 heterocycles. The zero-order valence-electron chi connectivity index (χ0n) is 12.1. The lowest BCUT2D eigenvalue weighted by atomic mass is 10.4. The Balaban J connectivity index is -0.000000239. The lowest BCUT2D eigenvalue weighted by molar-refractivity contribution is 0.939. The van der Waals surface area contributed by atoms with Crippen LogP contribution in [0.4, 0.5) is 0 Å². The minimum atomic E-state index is 0.191. The van der Waals surface area contributed by atoms with E-state index in [2.05, 4.69) is 30.1 Å². The second-order valence-electron chi connectivity index (χ2n) is 2.89. The summed E-state index contributed by atoms with van der Waals surface area (Å²) in [6, 6.07) is 0. The average molecular weight is 284 g/mol. The first-order valence-corrected chi connectivity index (χ1v) is 7.27. The van der Waals surface area contributed by atoms with Crippen molar-refractivity contribution in [3.05, 3.63) is 49.6 Å². The molecule has 0 unspecified atom stereocenters. The Labute approximate surface area is 122 Å². The molecule has 0 saturated carbocycles. The van der Waals surface area contributed by atoms with Gasteiger partial charge in [0.05, 0.1) is 0 Å². The van der Waals surface area contributed by atoms with Crippen molar-refractivity contribution in [2.45, 2.75) is 6.42 Å². The van der Waals surface area contributed by atoms with Crippen molar-refractivity contribution in [3.8, 4) is 0 Å². The fourth-order valence-electron chi connectivity index (χ4n) is 0.702. The molecule has 0 rings (SSSR count). The van der Waals surface area contributed by atoms with Gasteiger partial charge in [-0.1, -0.05) is 49.6 Å². The van der Waals surface area contributed by atoms with Crippen LogP contribution in [0.25, 0.3) is 0 Å². The Bertz CT molecular complexity index is 251. The van der Waals surface area contributed by atoms with Crippen LogP contribution in [0, 0.1) is 0 Å². The van der Waals surface area contributed by atoms with E-state index in [0.29, 0.717) is 0 Å². The van der Waals surface area contributed by atoms with E-state index >= 15 is 0 Å². The molecule has 0 fully saturated rings. The highest BCUT2D eigenvalue weighted by molar-refractivity contribution is 7.98. The van der Waals surface area contributed by atoms with Crippen molar-refractivity contribution >= 4 is 17.7 Å². The number of aliphatic imine (C=N–C) groups is 1. The maximum Gasteiger partial charge on any atom is 0.185 e. The van der Waals surface area contributed by atoms with Crippen molar-refractivity contribution < 1.29 is 0 Å². The number of thioether (sulfide) groups is 1. The quantitative estimate of drug-likeness (QED) is 0.289. The van der Waals surface area contributed by atoms with Gasteiger partial charge in [0.15, 0.2) is 5.96 Å². The summed E-state index contributed by atoms with van der Waals surface area (Å²) in [6.07, 6.45) is 14.1. The molecule has 0 spiro atoms. The Morgan fingerprint density at radius 3 is 1.84 bits per heavy atom. The second kappa shape index (κ2) is 25.4. The highest BCUT2D eigenvalue weighted by atomic mass is 32.2. The molecular formula is C14H28N4S. The van der Waals surface area contributed by atoms with Gasteiger partial charge >= 0.3 is 0 Å². The van der Waals surface area contributed by atoms with Gasteiger partial charge in [-0.25, -0.2) is 0 Å². The summed E-state index contributed by atoms with van der Waals surface area (Å²) in [4.78, 5) is 3.82. The maximum absolute atomic E-state index is 5.10. The van der Waals surface area contributed by atoms with Gasteiger partial charge < -0.3 is 17.2 Å². The molecule has 0 aliphatic heterocycles. The van der Waals surface area contributed by atoms with E-state index in [-0.39, 0.29) is 5.96 Å². The maximum atomic E-state index is 5.10. The molecule has 0 amide bonds. The molecule has 0 radical (unpaired) electrons. The molecule has 0 saturated heterocycles. The molecule has 0 aromatic carbocycles. The van der Waals surface area contributed by atoms with Crippen LogP contribution in [-0.4, -0.2) is 31.6 Å². The monoisotopic (exact) mass is 284 g/mol. The predicted octanol–water partition coefficient (Wildman–Crippen LogP) is 2.06. The molecule has 110 valence electrons. The Morgan fingerprint density at radius 2 is 1.53 bits per heavy atom. The fourth-order valence-corrected chi connectivity index (χ4v) is 1.12. The van der Waals surface area contributed by atoms with Gasteiger partial charge in [0.1, 0.15) is 0 Å².